The zero-order valence-corrected chi connectivity index (χ0v) is 7.54. The van der Waals surface area contributed by atoms with E-state index in [4.69, 9.17) is 0 Å². The molecule has 2 heteroatoms. The Kier molecular flexibility index (Phi) is 1.49. The number of nitrogens with zero attached hydrogens (tertiary/aromatic N) is 1. The molecule has 0 N–H and O–H groups in total. The molecule has 1 atom stereocenters. The van der Waals surface area contributed by atoms with Crippen LogP contribution in [0.2, 0.25) is 0 Å². The van der Waals surface area contributed by atoms with Gasteiger partial charge in [0.1, 0.15) is 0 Å². The van der Waals surface area contributed by atoms with Gasteiger partial charge < -0.3 is 4.57 Å². The lowest BCUT2D eigenvalue weighted by Crippen LogP contribution is -2.25. The first-order valence-electron chi connectivity index (χ1n) is 3.87. The lowest BCUT2D eigenvalue weighted by atomic mass is 10.1. The van der Waals surface area contributed by atoms with Gasteiger partial charge >= 0.3 is 0 Å². The molecular formula is C9H10NSi. The van der Waals surface area contributed by atoms with Crippen LogP contribution in [0.3, 0.4) is 0 Å². The molecule has 55 valence electrons. The van der Waals surface area contributed by atoms with E-state index in [9.17, 15) is 0 Å². The molecule has 0 aliphatic carbocycles. The quantitative estimate of drug-likeness (QED) is 0.520. The number of para-hydroxylation sites is 1. The third-order valence-electron chi connectivity index (χ3n) is 2.21. The second-order valence-corrected chi connectivity index (χ2v) is 3.53. The largest absolute Gasteiger partial charge is 0.396 e. The molecule has 0 amide bonds. The summed E-state index contributed by atoms with van der Waals surface area (Å²) in [6.07, 6.45) is 1.15. The second-order valence-electron chi connectivity index (χ2n) is 3.05. The van der Waals surface area contributed by atoms with E-state index in [-0.39, 0.29) is 0 Å². The van der Waals surface area contributed by atoms with Crippen molar-refractivity contribution in [2.75, 3.05) is 4.57 Å². The molecule has 1 aliphatic heterocycles. The van der Waals surface area contributed by atoms with Crippen LogP contribution in [-0.2, 0) is 6.42 Å². The SMILES string of the molecule is CC1Cc2ccccc2N1[Si]. The van der Waals surface area contributed by atoms with Crippen LogP contribution in [0, 0.1) is 0 Å². The van der Waals surface area contributed by atoms with Gasteiger partial charge in [-0.3, -0.25) is 0 Å². The third-order valence-corrected chi connectivity index (χ3v) is 2.89. The minimum Gasteiger partial charge on any atom is -0.396 e. The highest BCUT2D eigenvalue weighted by Crippen LogP contribution is 2.29. The van der Waals surface area contributed by atoms with Crippen LogP contribution in [0.5, 0.6) is 0 Å². The Morgan fingerprint density at radius 2 is 2.18 bits per heavy atom. The standard InChI is InChI=1S/C9H10NSi/c1-7-6-8-4-2-3-5-9(8)10(7)11/h2-5,7H,6H2,1H3. The van der Waals surface area contributed by atoms with E-state index in [1.54, 1.807) is 0 Å². The summed E-state index contributed by atoms with van der Waals surface area (Å²) in [5.74, 6) is 0. The van der Waals surface area contributed by atoms with Crippen molar-refractivity contribution in [3.63, 3.8) is 0 Å². The number of anilines is 1. The summed E-state index contributed by atoms with van der Waals surface area (Å²) >= 11 is 0. The lowest BCUT2D eigenvalue weighted by molar-refractivity contribution is 0.788. The molecule has 1 nitrogen and oxygen atoms in total. The van der Waals surface area contributed by atoms with Crippen molar-refractivity contribution in [1.29, 1.82) is 0 Å². The summed E-state index contributed by atoms with van der Waals surface area (Å²) in [6, 6.07) is 9.09. The molecule has 1 aromatic rings. The second kappa shape index (κ2) is 2.38. The van der Waals surface area contributed by atoms with Gasteiger partial charge in [0, 0.05) is 11.7 Å². The van der Waals surface area contributed by atoms with E-state index in [0.717, 1.165) is 6.42 Å². The molecule has 11 heavy (non-hydrogen) atoms. The number of hydrogen-bond donors (Lipinski definition) is 0. The highest BCUT2D eigenvalue weighted by atomic mass is 28.2. The van der Waals surface area contributed by atoms with Crippen LogP contribution in [0.1, 0.15) is 12.5 Å². The zero-order valence-electron chi connectivity index (χ0n) is 6.54. The Bertz CT molecular complexity index is 272. The fourth-order valence-corrected chi connectivity index (χ4v) is 1.87. The minimum atomic E-state index is 0.587. The predicted octanol–water partition coefficient (Wildman–Crippen LogP) is 1.52. The average Bonchev–Trinajstić information content (AvgIpc) is 2.30. The molecule has 1 heterocycles. The molecule has 0 bridgehead atoms. The van der Waals surface area contributed by atoms with Gasteiger partial charge in [0.2, 0.25) is 0 Å². The molecule has 1 aromatic carbocycles. The van der Waals surface area contributed by atoms with Crippen LogP contribution in [0.15, 0.2) is 24.3 Å². The topological polar surface area (TPSA) is 3.24 Å². The summed E-state index contributed by atoms with van der Waals surface area (Å²) < 4.78 is 2.15. The highest BCUT2D eigenvalue weighted by molar-refractivity contribution is 6.19. The molecule has 0 fully saturated rings. The van der Waals surface area contributed by atoms with Crippen LogP contribution >= 0.6 is 0 Å². The van der Waals surface area contributed by atoms with Gasteiger partial charge in [-0.15, -0.1) is 0 Å². The monoisotopic (exact) mass is 160 g/mol. The maximum absolute atomic E-state index is 3.59. The Hall–Kier alpha value is -0.763. The Balaban J connectivity index is 2.47. The van der Waals surface area contributed by atoms with E-state index in [0.29, 0.717) is 6.04 Å². The first-order valence-corrected chi connectivity index (χ1v) is 4.32. The number of benzene rings is 1. The number of hydrogen-bond acceptors (Lipinski definition) is 1. The number of rotatable bonds is 0. The first kappa shape index (κ1) is 6.92. The zero-order chi connectivity index (χ0) is 7.84. The molecule has 0 spiro atoms. The summed E-state index contributed by atoms with van der Waals surface area (Å²) in [5, 5.41) is 0. The van der Waals surface area contributed by atoms with Crippen LogP contribution in [0.25, 0.3) is 0 Å². The lowest BCUT2D eigenvalue weighted by Gasteiger charge is -2.17. The van der Waals surface area contributed by atoms with Crippen molar-refractivity contribution in [3.05, 3.63) is 29.8 Å². The van der Waals surface area contributed by atoms with Gasteiger partial charge in [-0.2, -0.15) is 0 Å². The summed E-state index contributed by atoms with van der Waals surface area (Å²) in [4.78, 5) is 0. The Morgan fingerprint density at radius 1 is 1.45 bits per heavy atom. The molecule has 2 rings (SSSR count). The molecule has 3 radical (unpaired) electrons. The highest BCUT2D eigenvalue weighted by Gasteiger charge is 2.21. The van der Waals surface area contributed by atoms with Crippen molar-refractivity contribution >= 4 is 16.1 Å². The van der Waals surface area contributed by atoms with Gasteiger partial charge in [-0.1, -0.05) is 18.2 Å². The molecule has 1 unspecified atom stereocenters. The van der Waals surface area contributed by atoms with Crippen molar-refractivity contribution in [1.82, 2.24) is 0 Å². The number of fused-ring (bicyclic) bond motifs is 1. The normalized spacial score (nSPS) is 22.0. The summed E-state index contributed by atoms with van der Waals surface area (Å²) in [6.45, 7) is 2.22. The van der Waals surface area contributed by atoms with Crippen LogP contribution < -0.4 is 4.57 Å². The molecule has 1 aliphatic rings. The van der Waals surface area contributed by atoms with Gasteiger partial charge in [0.15, 0.2) is 10.4 Å². The smallest absolute Gasteiger partial charge is 0.189 e. The molecule has 0 saturated carbocycles. The Morgan fingerprint density at radius 3 is 2.91 bits per heavy atom. The van der Waals surface area contributed by atoms with Gasteiger partial charge in [-0.05, 0) is 25.0 Å². The van der Waals surface area contributed by atoms with Gasteiger partial charge in [-0.25, -0.2) is 0 Å². The van der Waals surface area contributed by atoms with Crippen LogP contribution in [-0.4, -0.2) is 16.4 Å². The van der Waals surface area contributed by atoms with Crippen LogP contribution in [0.4, 0.5) is 5.69 Å². The van der Waals surface area contributed by atoms with E-state index >= 15 is 0 Å². The first-order chi connectivity index (χ1) is 5.29. The maximum atomic E-state index is 3.59. The fourth-order valence-electron chi connectivity index (χ4n) is 1.57. The van der Waals surface area contributed by atoms with Gasteiger partial charge in [0.05, 0.1) is 0 Å². The summed E-state index contributed by atoms with van der Waals surface area (Å²) in [7, 11) is 3.59. The third kappa shape index (κ3) is 0.978. The van der Waals surface area contributed by atoms with Crippen molar-refractivity contribution in [2.24, 2.45) is 0 Å². The minimum absolute atomic E-state index is 0.587. The Labute approximate surface area is 70.5 Å². The van der Waals surface area contributed by atoms with Gasteiger partial charge in [0.25, 0.3) is 0 Å². The van der Waals surface area contributed by atoms with E-state index in [1.165, 1.54) is 11.3 Å². The van der Waals surface area contributed by atoms with Crippen molar-refractivity contribution in [3.8, 4) is 0 Å². The average molecular weight is 160 g/mol. The van der Waals surface area contributed by atoms with Crippen molar-refractivity contribution in [2.45, 2.75) is 19.4 Å². The molecule has 0 aromatic heterocycles. The van der Waals surface area contributed by atoms with Crippen molar-refractivity contribution < 1.29 is 0 Å². The molecular weight excluding hydrogens is 150 g/mol. The summed E-state index contributed by atoms with van der Waals surface area (Å²) in [5.41, 5.74) is 2.76. The van der Waals surface area contributed by atoms with E-state index in [2.05, 4.69) is 46.2 Å². The van der Waals surface area contributed by atoms with E-state index < -0.39 is 0 Å². The molecule has 0 saturated heterocycles. The fraction of sp³-hybridized carbons (Fsp3) is 0.333. The predicted molar refractivity (Wildman–Crippen MR) is 47.8 cm³/mol. The maximum Gasteiger partial charge on any atom is 0.189 e. The van der Waals surface area contributed by atoms with E-state index in [1.807, 2.05) is 0 Å².